The normalized spacial score (nSPS) is 19.4. The van der Waals surface area contributed by atoms with E-state index in [2.05, 4.69) is 20.6 Å². The van der Waals surface area contributed by atoms with Crippen LogP contribution in [0.1, 0.15) is 25.7 Å². The van der Waals surface area contributed by atoms with Crippen molar-refractivity contribution in [1.29, 1.82) is 0 Å². The largest absolute Gasteiger partial charge is 0.335 e. The lowest BCUT2D eigenvalue weighted by atomic mass is 10.2. The molecule has 0 amide bonds. The highest BCUT2D eigenvalue weighted by atomic mass is 15.1. The lowest BCUT2D eigenvalue weighted by molar-refractivity contribution is 0.273. The van der Waals surface area contributed by atoms with Gasteiger partial charge in [0.1, 0.15) is 6.20 Å². The Kier molecular flexibility index (Phi) is 3.57. The maximum atomic E-state index is 3.92. The maximum Gasteiger partial charge on any atom is 0.108 e. The molecule has 1 aliphatic rings. The highest BCUT2D eigenvalue weighted by Gasteiger charge is 2.07. The predicted molar refractivity (Wildman–Crippen MR) is 56.0 cm³/mol. The molecule has 0 N–H and O–H groups in total. The summed E-state index contributed by atoms with van der Waals surface area (Å²) in [5, 5.41) is 0. The quantitative estimate of drug-likeness (QED) is 0.724. The molecule has 0 saturated carbocycles. The van der Waals surface area contributed by atoms with E-state index >= 15 is 0 Å². The summed E-state index contributed by atoms with van der Waals surface area (Å²) < 4.78 is 2.10. The van der Waals surface area contributed by atoms with Crippen LogP contribution in [0.25, 0.3) is 0 Å². The molecule has 0 aromatic carbocycles. The Balaban J connectivity index is 1.73. The van der Waals surface area contributed by atoms with Crippen LogP contribution < -0.4 is 0 Å². The number of rotatable bonds is 3. The van der Waals surface area contributed by atoms with Gasteiger partial charge in [-0.15, -0.1) is 0 Å². The van der Waals surface area contributed by atoms with Crippen LogP contribution in [0, 0.1) is 6.20 Å². The molecule has 1 aromatic heterocycles. The van der Waals surface area contributed by atoms with Gasteiger partial charge in [0, 0.05) is 19.3 Å². The molecule has 1 saturated heterocycles. The summed E-state index contributed by atoms with van der Waals surface area (Å²) in [6.45, 7) is 4.76. The van der Waals surface area contributed by atoms with Gasteiger partial charge in [0.25, 0.3) is 0 Å². The first-order valence-electron chi connectivity index (χ1n) is 5.55. The zero-order valence-electron chi connectivity index (χ0n) is 8.65. The van der Waals surface area contributed by atoms with Gasteiger partial charge in [-0.1, -0.05) is 12.8 Å². The number of likely N-dealkylation sites (tertiary alicyclic amines) is 1. The van der Waals surface area contributed by atoms with Crippen molar-refractivity contribution >= 4 is 0 Å². The summed E-state index contributed by atoms with van der Waals surface area (Å²) in [5.41, 5.74) is 0. The third kappa shape index (κ3) is 2.84. The Morgan fingerprint density at radius 3 is 2.50 bits per heavy atom. The second kappa shape index (κ2) is 5.15. The molecule has 1 fully saturated rings. The van der Waals surface area contributed by atoms with Crippen molar-refractivity contribution in [3.05, 3.63) is 18.7 Å². The Hall–Kier alpha value is -0.830. The molecule has 0 bridgehead atoms. The minimum atomic E-state index is 1.05. The van der Waals surface area contributed by atoms with E-state index < -0.39 is 0 Å². The number of imidazole rings is 1. The van der Waals surface area contributed by atoms with Gasteiger partial charge in [0.2, 0.25) is 0 Å². The minimum Gasteiger partial charge on any atom is -0.335 e. The van der Waals surface area contributed by atoms with E-state index in [0.29, 0.717) is 0 Å². The van der Waals surface area contributed by atoms with Gasteiger partial charge in [0.15, 0.2) is 0 Å². The van der Waals surface area contributed by atoms with Crippen molar-refractivity contribution in [3.63, 3.8) is 0 Å². The molecule has 2 rings (SSSR count). The smallest absolute Gasteiger partial charge is 0.108 e. The van der Waals surface area contributed by atoms with Crippen LogP contribution in [0.15, 0.2) is 12.5 Å². The first-order chi connectivity index (χ1) is 6.95. The molecule has 1 radical (unpaired) electrons. The monoisotopic (exact) mass is 192 g/mol. The van der Waals surface area contributed by atoms with Crippen molar-refractivity contribution in [2.24, 2.45) is 0 Å². The number of aromatic nitrogens is 2. The summed E-state index contributed by atoms with van der Waals surface area (Å²) in [6, 6.07) is 0. The van der Waals surface area contributed by atoms with Crippen molar-refractivity contribution in [1.82, 2.24) is 14.5 Å². The van der Waals surface area contributed by atoms with Crippen LogP contribution in [0.5, 0.6) is 0 Å². The van der Waals surface area contributed by atoms with E-state index in [9.17, 15) is 0 Å². The third-order valence-corrected chi connectivity index (χ3v) is 2.88. The Morgan fingerprint density at radius 1 is 1.07 bits per heavy atom. The van der Waals surface area contributed by atoms with Crippen LogP contribution in [0.4, 0.5) is 0 Å². The van der Waals surface area contributed by atoms with E-state index in [1.165, 1.54) is 38.8 Å². The van der Waals surface area contributed by atoms with E-state index in [1.54, 1.807) is 0 Å². The first kappa shape index (κ1) is 9.71. The number of hydrogen-bond donors (Lipinski definition) is 0. The molecule has 2 heterocycles. The highest BCUT2D eigenvalue weighted by Crippen LogP contribution is 2.09. The Labute approximate surface area is 85.7 Å². The van der Waals surface area contributed by atoms with Crippen LogP contribution in [0.3, 0.4) is 0 Å². The standard InChI is InChI=1S/C11H18N3/c1-2-4-7-13(6-3-1)9-10-14-8-5-12-11-14/h8,11H,1-4,6-7,9-10H2. The van der Waals surface area contributed by atoms with E-state index in [4.69, 9.17) is 0 Å². The molecule has 3 nitrogen and oxygen atoms in total. The maximum absolute atomic E-state index is 3.92. The van der Waals surface area contributed by atoms with Crippen molar-refractivity contribution in [3.8, 4) is 0 Å². The molecule has 0 spiro atoms. The molecule has 1 aliphatic heterocycles. The highest BCUT2D eigenvalue weighted by molar-refractivity contribution is 4.73. The Morgan fingerprint density at radius 2 is 1.86 bits per heavy atom. The zero-order chi connectivity index (χ0) is 9.64. The SMILES string of the molecule is [c]1cn(CCN2CCCCCC2)cn1. The summed E-state index contributed by atoms with van der Waals surface area (Å²) >= 11 is 0. The molecule has 77 valence electrons. The molecule has 0 aliphatic carbocycles. The molecular formula is C11H18N3. The van der Waals surface area contributed by atoms with E-state index in [1.807, 2.05) is 12.5 Å². The van der Waals surface area contributed by atoms with Crippen LogP contribution in [-0.2, 0) is 6.54 Å². The van der Waals surface area contributed by atoms with Gasteiger partial charge in [-0.05, 0) is 25.9 Å². The van der Waals surface area contributed by atoms with Gasteiger partial charge in [0.05, 0.1) is 6.33 Å². The Bertz CT molecular complexity index is 235. The second-order valence-corrected chi connectivity index (χ2v) is 4.00. The van der Waals surface area contributed by atoms with Gasteiger partial charge in [-0.25, -0.2) is 4.98 Å². The first-order valence-corrected chi connectivity index (χ1v) is 5.55. The predicted octanol–water partition coefficient (Wildman–Crippen LogP) is 1.56. The van der Waals surface area contributed by atoms with Gasteiger partial charge >= 0.3 is 0 Å². The van der Waals surface area contributed by atoms with Gasteiger partial charge in [-0.2, -0.15) is 0 Å². The van der Waals surface area contributed by atoms with E-state index in [0.717, 1.165) is 13.1 Å². The summed E-state index contributed by atoms with van der Waals surface area (Å²) in [4.78, 5) is 6.49. The molecule has 1 aromatic rings. The molecule has 0 atom stereocenters. The van der Waals surface area contributed by atoms with Crippen LogP contribution >= 0.6 is 0 Å². The van der Waals surface area contributed by atoms with E-state index in [-0.39, 0.29) is 0 Å². The molecule has 0 unspecified atom stereocenters. The zero-order valence-corrected chi connectivity index (χ0v) is 8.65. The summed E-state index contributed by atoms with van der Waals surface area (Å²) in [7, 11) is 0. The lowest BCUT2D eigenvalue weighted by Crippen LogP contribution is -2.28. The average Bonchev–Trinajstić information content (AvgIpc) is 2.58. The number of hydrogen-bond acceptors (Lipinski definition) is 2. The average molecular weight is 192 g/mol. The molecule has 3 heteroatoms. The topological polar surface area (TPSA) is 21.1 Å². The fourth-order valence-electron chi connectivity index (χ4n) is 1.99. The fourth-order valence-corrected chi connectivity index (χ4v) is 1.99. The van der Waals surface area contributed by atoms with Crippen molar-refractivity contribution < 1.29 is 0 Å². The summed E-state index contributed by atoms with van der Waals surface area (Å²) in [6.07, 6.45) is 12.2. The van der Waals surface area contributed by atoms with Gasteiger partial charge < -0.3 is 9.47 Å². The lowest BCUT2D eigenvalue weighted by Gasteiger charge is -2.19. The minimum absolute atomic E-state index is 1.05. The summed E-state index contributed by atoms with van der Waals surface area (Å²) in [5.74, 6) is 0. The van der Waals surface area contributed by atoms with Crippen LogP contribution in [0.2, 0.25) is 0 Å². The van der Waals surface area contributed by atoms with Crippen molar-refractivity contribution in [2.45, 2.75) is 32.2 Å². The second-order valence-electron chi connectivity index (χ2n) is 4.00. The fraction of sp³-hybridized carbons (Fsp3) is 0.727. The van der Waals surface area contributed by atoms with Crippen molar-refractivity contribution in [2.75, 3.05) is 19.6 Å². The van der Waals surface area contributed by atoms with Gasteiger partial charge in [-0.3, -0.25) is 0 Å². The molecular weight excluding hydrogens is 174 g/mol. The van der Waals surface area contributed by atoms with Crippen LogP contribution in [-0.4, -0.2) is 34.1 Å². The molecule has 14 heavy (non-hydrogen) atoms. The number of nitrogens with zero attached hydrogens (tertiary/aromatic N) is 3. The third-order valence-electron chi connectivity index (χ3n) is 2.88.